The van der Waals surface area contributed by atoms with Crippen molar-refractivity contribution in [1.29, 1.82) is 0 Å². The summed E-state index contributed by atoms with van der Waals surface area (Å²) in [4.78, 5) is 12.8. The molecule has 6 nitrogen and oxygen atoms in total. The van der Waals surface area contributed by atoms with Crippen LogP contribution in [0.4, 0.5) is 0 Å². The molecule has 1 aliphatic heterocycles. The van der Waals surface area contributed by atoms with Gasteiger partial charge in [0.2, 0.25) is 10.0 Å². The average Bonchev–Trinajstić information content (AvgIpc) is 3.09. The summed E-state index contributed by atoms with van der Waals surface area (Å²) >= 11 is 0. The maximum Gasteiger partial charge on any atom is 0.251 e. The molecular weight excluding hydrogens is 350 g/mol. The van der Waals surface area contributed by atoms with Crippen LogP contribution in [0.15, 0.2) is 23.1 Å². The number of carbonyl (C=O) groups excluding carboxylic acids is 1. The van der Waals surface area contributed by atoms with Gasteiger partial charge in [-0.15, -0.1) is 0 Å². The van der Waals surface area contributed by atoms with Crippen molar-refractivity contribution in [3.63, 3.8) is 0 Å². The molecule has 3 N–H and O–H groups in total. The Morgan fingerprint density at radius 2 is 1.92 bits per heavy atom. The molecule has 1 amide bonds. The van der Waals surface area contributed by atoms with Crippen molar-refractivity contribution in [3.8, 4) is 0 Å². The first kappa shape index (κ1) is 19.3. The third-order valence-electron chi connectivity index (χ3n) is 5.56. The van der Waals surface area contributed by atoms with Crippen LogP contribution in [-0.2, 0) is 10.0 Å². The molecule has 1 aromatic carbocycles. The highest BCUT2D eigenvalue weighted by atomic mass is 32.2. The number of rotatable bonds is 5. The Hall–Kier alpha value is -1.44. The lowest BCUT2D eigenvalue weighted by atomic mass is 9.94. The van der Waals surface area contributed by atoms with Crippen molar-refractivity contribution >= 4 is 15.9 Å². The van der Waals surface area contributed by atoms with Crippen molar-refractivity contribution in [2.75, 3.05) is 13.1 Å². The Kier molecular flexibility index (Phi) is 5.99. The van der Waals surface area contributed by atoms with E-state index in [0.717, 1.165) is 45.2 Å². The van der Waals surface area contributed by atoms with Gasteiger partial charge >= 0.3 is 0 Å². The zero-order valence-electron chi connectivity index (χ0n) is 15.5. The highest BCUT2D eigenvalue weighted by molar-refractivity contribution is 7.89. The molecule has 0 radical (unpaired) electrons. The van der Waals surface area contributed by atoms with Gasteiger partial charge in [-0.2, -0.15) is 0 Å². The number of carbonyl (C=O) groups is 1. The zero-order valence-corrected chi connectivity index (χ0v) is 16.4. The van der Waals surface area contributed by atoms with Crippen LogP contribution in [0, 0.1) is 12.8 Å². The molecule has 2 atom stereocenters. The van der Waals surface area contributed by atoms with Gasteiger partial charge in [-0.3, -0.25) is 4.79 Å². The number of hydrogen-bond acceptors (Lipinski definition) is 4. The molecular formula is C19H29N3O3S. The number of amides is 1. The molecule has 2 fully saturated rings. The normalized spacial score (nSPS) is 24.5. The summed E-state index contributed by atoms with van der Waals surface area (Å²) in [6.07, 6.45) is 4.89. The number of nitrogens with one attached hydrogen (secondary N) is 3. The van der Waals surface area contributed by atoms with E-state index < -0.39 is 10.0 Å². The lowest BCUT2D eigenvalue weighted by Gasteiger charge is -2.30. The second-order valence-corrected chi connectivity index (χ2v) is 9.32. The predicted molar refractivity (Wildman–Crippen MR) is 102 cm³/mol. The molecule has 1 saturated carbocycles. The van der Waals surface area contributed by atoms with Crippen molar-refractivity contribution in [1.82, 2.24) is 15.4 Å². The monoisotopic (exact) mass is 379 g/mol. The number of aryl methyl sites for hydroxylation is 1. The molecule has 1 heterocycles. The first-order valence-corrected chi connectivity index (χ1v) is 11.0. The van der Waals surface area contributed by atoms with Gasteiger partial charge < -0.3 is 10.6 Å². The summed E-state index contributed by atoms with van der Waals surface area (Å²) in [5, 5.41) is 6.33. The molecule has 0 spiro atoms. The van der Waals surface area contributed by atoms with Crippen LogP contribution in [0.3, 0.4) is 0 Å². The Bertz CT molecular complexity index is 757. The largest absolute Gasteiger partial charge is 0.348 e. The van der Waals surface area contributed by atoms with Gasteiger partial charge in [0, 0.05) is 24.2 Å². The fourth-order valence-corrected chi connectivity index (χ4v) is 5.37. The van der Waals surface area contributed by atoms with E-state index in [1.807, 2.05) is 0 Å². The Morgan fingerprint density at radius 1 is 1.19 bits per heavy atom. The van der Waals surface area contributed by atoms with Gasteiger partial charge in [-0.1, -0.05) is 25.8 Å². The molecule has 144 valence electrons. The molecule has 3 rings (SSSR count). The lowest BCUT2D eigenvalue weighted by Crippen LogP contribution is -2.50. The first-order chi connectivity index (χ1) is 12.4. The Labute approximate surface area is 156 Å². The van der Waals surface area contributed by atoms with E-state index in [2.05, 4.69) is 22.3 Å². The van der Waals surface area contributed by atoms with Crippen molar-refractivity contribution in [2.45, 2.75) is 62.9 Å². The highest BCUT2D eigenvalue weighted by Gasteiger charge is 2.26. The van der Waals surface area contributed by atoms with E-state index >= 15 is 0 Å². The van der Waals surface area contributed by atoms with E-state index in [-0.39, 0.29) is 22.9 Å². The van der Waals surface area contributed by atoms with Gasteiger partial charge in [0.05, 0.1) is 4.90 Å². The summed E-state index contributed by atoms with van der Waals surface area (Å²) in [7, 11) is -3.62. The number of sulfonamides is 1. The summed E-state index contributed by atoms with van der Waals surface area (Å²) in [5.41, 5.74) is 1.04. The Morgan fingerprint density at radius 3 is 2.62 bits per heavy atom. The predicted octanol–water partition coefficient (Wildman–Crippen LogP) is 1.94. The molecule has 1 aromatic rings. The average molecular weight is 380 g/mol. The van der Waals surface area contributed by atoms with E-state index in [1.165, 1.54) is 6.07 Å². The summed E-state index contributed by atoms with van der Waals surface area (Å²) in [6, 6.07) is 4.98. The van der Waals surface area contributed by atoms with Crippen LogP contribution in [0.1, 0.15) is 54.9 Å². The molecule has 0 bridgehead atoms. The molecule has 1 saturated heterocycles. The molecule has 2 unspecified atom stereocenters. The van der Waals surface area contributed by atoms with Gasteiger partial charge in [0.25, 0.3) is 5.91 Å². The minimum absolute atomic E-state index is 0.00560. The van der Waals surface area contributed by atoms with Crippen LogP contribution in [0.25, 0.3) is 0 Å². The topological polar surface area (TPSA) is 87.3 Å². The molecule has 1 aliphatic carbocycles. The quantitative estimate of drug-likeness (QED) is 0.730. The van der Waals surface area contributed by atoms with Crippen molar-refractivity contribution in [2.24, 2.45) is 5.92 Å². The Balaban J connectivity index is 1.77. The van der Waals surface area contributed by atoms with Crippen LogP contribution in [-0.4, -0.2) is 39.5 Å². The van der Waals surface area contributed by atoms with E-state index in [0.29, 0.717) is 17.0 Å². The molecule has 26 heavy (non-hydrogen) atoms. The van der Waals surface area contributed by atoms with E-state index in [1.54, 1.807) is 19.1 Å². The summed E-state index contributed by atoms with van der Waals surface area (Å²) < 4.78 is 28.3. The van der Waals surface area contributed by atoms with Crippen molar-refractivity contribution in [3.05, 3.63) is 29.3 Å². The maximum atomic E-state index is 12.8. The number of hydrogen-bond donors (Lipinski definition) is 3. The van der Waals surface area contributed by atoms with Gasteiger partial charge in [-0.05, 0) is 56.3 Å². The van der Waals surface area contributed by atoms with Crippen LogP contribution in [0.2, 0.25) is 0 Å². The van der Waals surface area contributed by atoms with E-state index in [4.69, 9.17) is 0 Å². The second kappa shape index (κ2) is 8.06. The fraction of sp³-hybridized carbons (Fsp3) is 0.632. The standard InChI is InChI=1S/C19H29N3O3S/c1-13-9-10-20-12-17(13)21-19(23)15-8-7-14(2)18(11-15)26(24,25)22-16-5-3-4-6-16/h7-8,11,13,16-17,20,22H,3-6,9-10,12H2,1-2H3,(H,21,23). The minimum atomic E-state index is -3.62. The zero-order chi connectivity index (χ0) is 18.7. The SMILES string of the molecule is Cc1ccc(C(=O)NC2CNCCC2C)cc1S(=O)(=O)NC1CCCC1. The van der Waals surface area contributed by atoms with E-state index in [9.17, 15) is 13.2 Å². The van der Waals surface area contributed by atoms with Gasteiger partial charge in [0.1, 0.15) is 0 Å². The molecule has 2 aliphatic rings. The minimum Gasteiger partial charge on any atom is -0.348 e. The smallest absolute Gasteiger partial charge is 0.251 e. The highest BCUT2D eigenvalue weighted by Crippen LogP contribution is 2.23. The summed E-state index contributed by atoms with van der Waals surface area (Å²) in [6.45, 7) is 5.60. The van der Waals surface area contributed by atoms with Crippen LogP contribution in [0.5, 0.6) is 0 Å². The van der Waals surface area contributed by atoms with Crippen LogP contribution < -0.4 is 15.4 Å². The number of piperidine rings is 1. The van der Waals surface area contributed by atoms with Gasteiger partial charge in [0.15, 0.2) is 0 Å². The molecule has 7 heteroatoms. The van der Waals surface area contributed by atoms with Crippen LogP contribution >= 0.6 is 0 Å². The number of benzene rings is 1. The first-order valence-electron chi connectivity index (χ1n) is 9.51. The second-order valence-electron chi connectivity index (χ2n) is 7.63. The third-order valence-corrected chi connectivity index (χ3v) is 7.22. The fourth-order valence-electron chi connectivity index (χ4n) is 3.79. The third kappa shape index (κ3) is 4.45. The molecule has 0 aromatic heterocycles. The lowest BCUT2D eigenvalue weighted by molar-refractivity contribution is 0.0915. The summed E-state index contributed by atoms with van der Waals surface area (Å²) in [5.74, 6) is 0.181. The maximum absolute atomic E-state index is 12.8. The van der Waals surface area contributed by atoms with Gasteiger partial charge in [-0.25, -0.2) is 13.1 Å². The van der Waals surface area contributed by atoms with Crippen molar-refractivity contribution < 1.29 is 13.2 Å².